The molecule has 1 aromatic carbocycles. The number of rotatable bonds is 2. The van der Waals surface area contributed by atoms with E-state index in [-0.39, 0.29) is 6.09 Å². The summed E-state index contributed by atoms with van der Waals surface area (Å²) in [7, 11) is 0. The average molecular weight is 215 g/mol. The van der Waals surface area contributed by atoms with Crippen molar-refractivity contribution in [3.8, 4) is 0 Å². The number of ether oxygens (including phenoxy) is 1. The number of likely N-dealkylation sites (tertiary alicyclic amines) is 1. The third-order valence-electron chi connectivity index (χ3n) is 3.20. The van der Waals surface area contributed by atoms with Gasteiger partial charge >= 0.3 is 6.09 Å². The third-order valence-corrected chi connectivity index (χ3v) is 3.20. The van der Waals surface area contributed by atoms with Crippen LogP contribution in [-0.2, 0) is 11.3 Å². The van der Waals surface area contributed by atoms with Gasteiger partial charge in [-0.2, -0.15) is 0 Å². The molecule has 82 valence electrons. The Kier molecular flexibility index (Phi) is 2.17. The van der Waals surface area contributed by atoms with Gasteiger partial charge in [0.15, 0.2) is 0 Å². The highest BCUT2D eigenvalue weighted by molar-refractivity contribution is 5.70. The summed E-state index contributed by atoms with van der Waals surface area (Å²) in [5.74, 6) is 0.587. The number of carbonyl (C=O) groups excluding carboxylic acids is 1. The van der Waals surface area contributed by atoms with Crippen LogP contribution in [-0.4, -0.2) is 23.6 Å². The summed E-state index contributed by atoms with van der Waals surface area (Å²) >= 11 is 0. The third kappa shape index (κ3) is 1.48. The van der Waals surface area contributed by atoms with E-state index in [1.807, 2.05) is 30.3 Å². The number of hydrogen-bond acceptors (Lipinski definition) is 2. The molecular weight excluding hydrogens is 202 g/mol. The fraction of sp³-hybridized carbons (Fsp3) is 0.308. The second-order valence-electron chi connectivity index (χ2n) is 4.23. The van der Waals surface area contributed by atoms with Gasteiger partial charge in [-0.1, -0.05) is 42.5 Å². The number of nitrogens with zero attached hydrogens (tertiary/aromatic N) is 1. The van der Waals surface area contributed by atoms with Crippen LogP contribution in [0.15, 0.2) is 42.5 Å². The molecule has 1 heterocycles. The Labute approximate surface area is 94.3 Å². The van der Waals surface area contributed by atoms with E-state index in [1.54, 1.807) is 4.90 Å². The van der Waals surface area contributed by atoms with E-state index >= 15 is 0 Å². The fourth-order valence-corrected chi connectivity index (χ4v) is 2.08. The van der Waals surface area contributed by atoms with Crippen molar-refractivity contribution in [3.63, 3.8) is 0 Å². The number of fused-ring (bicyclic) bond motifs is 1. The molecule has 0 N–H and O–H groups in total. The van der Waals surface area contributed by atoms with E-state index in [4.69, 9.17) is 4.74 Å². The maximum atomic E-state index is 11.7. The molecule has 0 saturated carbocycles. The first-order valence-electron chi connectivity index (χ1n) is 5.50. The van der Waals surface area contributed by atoms with Crippen molar-refractivity contribution < 1.29 is 9.53 Å². The molecule has 3 rings (SSSR count). The van der Waals surface area contributed by atoms with Crippen LogP contribution < -0.4 is 0 Å². The Morgan fingerprint density at radius 1 is 1.31 bits per heavy atom. The molecule has 1 unspecified atom stereocenters. The highest BCUT2D eigenvalue weighted by atomic mass is 16.6. The van der Waals surface area contributed by atoms with Gasteiger partial charge in [-0.3, -0.25) is 0 Å². The minimum atomic E-state index is -0.200. The van der Waals surface area contributed by atoms with Crippen LogP contribution in [0.3, 0.4) is 0 Å². The lowest BCUT2D eigenvalue weighted by Gasteiger charge is -2.49. The molecule has 0 bridgehead atoms. The molecule has 1 aromatic rings. The molecule has 0 aromatic heterocycles. The van der Waals surface area contributed by atoms with Crippen molar-refractivity contribution in [1.29, 1.82) is 0 Å². The zero-order valence-corrected chi connectivity index (χ0v) is 8.87. The van der Waals surface area contributed by atoms with Crippen LogP contribution in [0.25, 0.3) is 0 Å². The van der Waals surface area contributed by atoms with E-state index in [2.05, 4.69) is 12.2 Å². The van der Waals surface area contributed by atoms with Gasteiger partial charge in [0.25, 0.3) is 0 Å². The van der Waals surface area contributed by atoms with Crippen molar-refractivity contribution in [2.24, 2.45) is 5.92 Å². The fourth-order valence-electron chi connectivity index (χ4n) is 2.08. The van der Waals surface area contributed by atoms with Gasteiger partial charge in [-0.05, 0) is 5.56 Å². The van der Waals surface area contributed by atoms with Crippen LogP contribution in [0.5, 0.6) is 0 Å². The number of carbonyl (C=O) groups is 1. The van der Waals surface area contributed by atoms with E-state index in [0.29, 0.717) is 18.6 Å². The molecule has 1 aliphatic heterocycles. The highest BCUT2D eigenvalue weighted by Crippen LogP contribution is 2.34. The SMILES string of the molecule is O=C(OCc1ccccc1)N1CC2C=C[C@@H]21. The molecule has 0 spiro atoms. The summed E-state index contributed by atoms with van der Waals surface area (Å²) < 4.78 is 5.24. The number of amides is 1. The van der Waals surface area contributed by atoms with Crippen LogP contribution in [0.2, 0.25) is 0 Å². The van der Waals surface area contributed by atoms with Crippen molar-refractivity contribution >= 4 is 6.09 Å². The van der Waals surface area contributed by atoms with Crippen molar-refractivity contribution in [2.45, 2.75) is 12.6 Å². The molecule has 16 heavy (non-hydrogen) atoms. The second-order valence-corrected chi connectivity index (χ2v) is 4.23. The molecular formula is C13H13NO2. The lowest BCUT2D eigenvalue weighted by atomic mass is 9.80. The molecule has 1 aliphatic carbocycles. The Morgan fingerprint density at radius 2 is 2.12 bits per heavy atom. The zero-order chi connectivity index (χ0) is 11.0. The van der Waals surface area contributed by atoms with Crippen LogP contribution >= 0.6 is 0 Å². The minimum absolute atomic E-state index is 0.200. The van der Waals surface area contributed by atoms with Crippen molar-refractivity contribution in [3.05, 3.63) is 48.0 Å². The van der Waals surface area contributed by atoms with E-state index in [9.17, 15) is 4.79 Å². The summed E-state index contributed by atoms with van der Waals surface area (Å²) in [6, 6.07) is 10.0. The molecule has 1 fully saturated rings. The van der Waals surface area contributed by atoms with Crippen molar-refractivity contribution in [1.82, 2.24) is 4.90 Å². The van der Waals surface area contributed by atoms with Crippen LogP contribution in [0.4, 0.5) is 4.79 Å². The molecule has 2 atom stereocenters. The van der Waals surface area contributed by atoms with Gasteiger partial charge in [0.1, 0.15) is 6.61 Å². The summed E-state index contributed by atoms with van der Waals surface area (Å²) in [4.78, 5) is 13.4. The van der Waals surface area contributed by atoms with Gasteiger partial charge in [0.2, 0.25) is 0 Å². The Bertz CT molecular complexity index is 427. The van der Waals surface area contributed by atoms with E-state index in [1.165, 1.54) is 0 Å². The zero-order valence-electron chi connectivity index (χ0n) is 8.87. The lowest BCUT2D eigenvalue weighted by molar-refractivity contribution is 0.0263. The maximum absolute atomic E-state index is 11.7. The Morgan fingerprint density at radius 3 is 2.69 bits per heavy atom. The second kappa shape index (κ2) is 3.67. The van der Waals surface area contributed by atoms with Gasteiger partial charge in [0, 0.05) is 12.5 Å². The highest BCUT2D eigenvalue weighted by Gasteiger charge is 2.44. The van der Waals surface area contributed by atoms with Crippen LogP contribution in [0, 0.1) is 5.92 Å². The molecule has 3 heteroatoms. The first kappa shape index (κ1) is 9.46. The molecule has 3 nitrogen and oxygen atoms in total. The van der Waals surface area contributed by atoms with Gasteiger partial charge in [0.05, 0.1) is 6.04 Å². The largest absolute Gasteiger partial charge is 0.445 e. The smallest absolute Gasteiger partial charge is 0.410 e. The molecule has 2 aliphatic rings. The lowest BCUT2D eigenvalue weighted by Crippen LogP contribution is -2.60. The monoisotopic (exact) mass is 215 g/mol. The summed E-state index contributed by atoms with van der Waals surface area (Å²) in [5, 5.41) is 0. The van der Waals surface area contributed by atoms with E-state index in [0.717, 1.165) is 12.1 Å². The maximum Gasteiger partial charge on any atom is 0.410 e. The summed E-state index contributed by atoms with van der Waals surface area (Å²) in [6.45, 7) is 1.17. The Hall–Kier alpha value is -1.77. The number of benzene rings is 1. The summed E-state index contributed by atoms with van der Waals surface area (Å²) in [6.07, 6.45) is 4.00. The van der Waals surface area contributed by atoms with Gasteiger partial charge in [-0.25, -0.2) is 4.79 Å². The molecule has 0 radical (unpaired) electrons. The Balaban J connectivity index is 1.52. The average Bonchev–Trinajstić information content (AvgIpc) is 2.31. The van der Waals surface area contributed by atoms with Gasteiger partial charge in [-0.15, -0.1) is 0 Å². The first-order chi connectivity index (χ1) is 7.84. The number of hydrogen-bond donors (Lipinski definition) is 0. The van der Waals surface area contributed by atoms with Gasteiger partial charge < -0.3 is 9.64 Å². The minimum Gasteiger partial charge on any atom is -0.445 e. The molecule has 1 amide bonds. The molecule has 1 saturated heterocycles. The quantitative estimate of drug-likeness (QED) is 0.708. The normalized spacial score (nSPS) is 25.4. The first-order valence-corrected chi connectivity index (χ1v) is 5.50. The predicted octanol–water partition coefficient (Wildman–Crippen LogP) is 2.19. The van der Waals surface area contributed by atoms with E-state index < -0.39 is 0 Å². The predicted molar refractivity (Wildman–Crippen MR) is 59.8 cm³/mol. The standard InChI is InChI=1S/C13H13NO2/c15-13(14-8-11-6-7-12(11)14)16-9-10-4-2-1-3-5-10/h1-7,11-12H,8-9H2/t11?,12-/m0/s1. The van der Waals surface area contributed by atoms with Crippen LogP contribution in [0.1, 0.15) is 5.56 Å². The topological polar surface area (TPSA) is 29.5 Å². The summed E-state index contributed by atoms with van der Waals surface area (Å²) in [5.41, 5.74) is 1.03. The van der Waals surface area contributed by atoms with Crippen molar-refractivity contribution in [2.75, 3.05) is 6.54 Å².